The van der Waals surface area contributed by atoms with Crippen molar-refractivity contribution in [2.75, 3.05) is 0 Å². The molecule has 0 radical (unpaired) electrons. The Kier molecular flexibility index (Phi) is 2.56. The molecular formula is C16H11ClN2O2. The fourth-order valence-corrected chi connectivity index (χ4v) is 3.37. The molecule has 1 aliphatic rings. The number of hydrogen-bond acceptors (Lipinski definition) is 2. The van der Waals surface area contributed by atoms with E-state index in [1.54, 1.807) is 12.1 Å². The van der Waals surface area contributed by atoms with E-state index < -0.39 is 0 Å². The zero-order valence-corrected chi connectivity index (χ0v) is 11.8. The summed E-state index contributed by atoms with van der Waals surface area (Å²) in [5.74, 6) is 0. The molecule has 2 heterocycles. The summed E-state index contributed by atoms with van der Waals surface area (Å²) >= 11 is 6.03. The maximum absolute atomic E-state index is 11.6. The lowest BCUT2D eigenvalue weighted by Gasteiger charge is -2.19. The summed E-state index contributed by atoms with van der Waals surface area (Å²) in [5.41, 5.74) is 3.82. The van der Waals surface area contributed by atoms with Crippen molar-refractivity contribution in [2.24, 2.45) is 0 Å². The molecule has 104 valence electrons. The summed E-state index contributed by atoms with van der Waals surface area (Å²) in [5, 5.41) is 12.7. The Labute approximate surface area is 125 Å². The van der Waals surface area contributed by atoms with Crippen LogP contribution in [0.25, 0.3) is 22.2 Å². The second-order valence-corrected chi connectivity index (χ2v) is 5.61. The highest BCUT2D eigenvalue weighted by Crippen LogP contribution is 2.43. The van der Waals surface area contributed by atoms with Gasteiger partial charge in [0.1, 0.15) is 5.69 Å². The maximum Gasteiger partial charge on any atom is 0.302 e. The molecule has 21 heavy (non-hydrogen) atoms. The highest BCUT2D eigenvalue weighted by atomic mass is 35.5. The molecule has 0 aliphatic carbocycles. The Morgan fingerprint density at radius 1 is 1.19 bits per heavy atom. The molecule has 4 nitrogen and oxygen atoms in total. The van der Waals surface area contributed by atoms with Gasteiger partial charge in [-0.2, -0.15) is 0 Å². The molecule has 1 aliphatic heterocycles. The fourth-order valence-electron chi connectivity index (χ4n) is 3.20. The van der Waals surface area contributed by atoms with E-state index in [-0.39, 0.29) is 10.6 Å². The molecule has 0 spiro atoms. The van der Waals surface area contributed by atoms with Gasteiger partial charge in [0.2, 0.25) is 0 Å². The molecule has 0 saturated heterocycles. The van der Waals surface area contributed by atoms with Crippen LogP contribution in [-0.4, -0.2) is 9.49 Å². The van der Waals surface area contributed by atoms with Crippen LogP contribution >= 0.6 is 11.6 Å². The Morgan fingerprint density at radius 3 is 2.81 bits per heavy atom. The Morgan fingerprint density at radius 2 is 2.00 bits per heavy atom. The van der Waals surface area contributed by atoms with Crippen molar-refractivity contribution in [3.05, 3.63) is 63.2 Å². The van der Waals surface area contributed by atoms with Crippen molar-refractivity contribution in [1.29, 1.82) is 0 Å². The van der Waals surface area contributed by atoms with E-state index in [9.17, 15) is 10.1 Å². The van der Waals surface area contributed by atoms with Gasteiger partial charge in [0.25, 0.3) is 0 Å². The summed E-state index contributed by atoms with van der Waals surface area (Å²) in [4.78, 5) is 11.3. The largest absolute Gasteiger partial charge is 0.334 e. The van der Waals surface area contributed by atoms with Crippen molar-refractivity contribution in [3.8, 4) is 11.3 Å². The first kappa shape index (κ1) is 12.4. The predicted molar refractivity (Wildman–Crippen MR) is 82.7 cm³/mol. The molecule has 0 fully saturated rings. The average Bonchev–Trinajstić information content (AvgIpc) is 2.81. The number of nitro groups is 1. The Balaban J connectivity index is 2.18. The number of aryl methyl sites for hydroxylation is 2. The predicted octanol–water partition coefficient (Wildman–Crippen LogP) is 4.43. The van der Waals surface area contributed by atoms with Crippen molar-refractivity contribution in [2.45, 2.75) is 13.0 Å². The molecule has 0 N–H and O–H groups in total. The smallest absolute Gasteiger partial charge is 0.302 e. The molecule has 0 unspecified atom stereocenters. The molecule has 4 rings (SSSR count). The van der Waals surface area contributed by atoms with Crippen LogP contribution in [-0.2, 0) is 13.0 Å². The second-order valence-electron chi connectivity index (χ2n) is 5.17. The van der Waals surface area contributed by atoms with Gasteiger partial charge in [0, 0.05) is 17.1 Å². The van der Waals surface area contributed by atoms with Gasteiger partial charge < -0.3 is 4.57 Å². The molecule has 0 amide bonds. The highest BCUT2D eigenvalue weighted by molar-refractivity contribution is 6.31. The number of halogens is 1. The second kappa shape index (κ2) is 4.33. The number of hydrogen-bond donors (Lipinski definition) is 0. The molecule has 5 heteroatoms. The molecular weight excluding hydrogens is 288 g/mol. The Bertz CT molecular complexity index is 899. The lowest BCUT2D eigenvalue weighted by molar-refractivity contribution is -0.382. The molecule has 3 aromatic rings. The molecule has 0 bridgehead atoms. The first-order valence-electron chi connectivity index (χ1n) is 6.71. The Hall–Kier alpha value is -2.33. The topological polar surface area (TPSA) is 48.1 Å². The van der Waals surface area contributed by atoms with Gasteiger partial charge in [-0.3, -0.25) is 10.1 Å². The summed E-state index contributed by atoms with van der Waals surface area (Å²) in [6.07, 6.45) is 0.882. The van der Waals surface area contributed by atoms with Crippen LogP contribution in [0.2, 0.25) is 5.02 Å². The number of nitrogens with zero attached hydrogens (tertiary/aromatic N) is 2. The van der Waals surface area contributed by atoms with Crippen LogP contribution in [0.3, 0.4) is 0 Å². The van der Waals surface area contributed by atoms with E-state index >= 15 is 0 Å². The number of rotatable bonds is 1. The van der Waals surface area contributed by atoms with Crippen LogP contribution in [0.5, 0.6) is 0 Å². The van der Waals surface area contributed by atoms with Gasteiger partial charge in [0.05, 0.1) is 15.8 Å². The quantitative estimate of drug-likeness (QED) is 0.493. The van der Waals surface area contributed by atoms with E-state index in [4.69, 9.17) is 11.6 Å². The van der Waals surface area contributed by atoms with Crippen molar-refractivity contribution in [1.82, 2.24) is 4.57 Å². The van der Waals surface area contributed by atoms with Crippen LogP contribution in [0.1, 0.15) is 5.56 Å². The van der Waals surface area contributed by atoms with Gasteiger partial charge >= 0.3 is 5.69 Å². The summed E-state index contributed by atoms with van der Waals surface area (Å²) in [6.45, 7) is 0.748. The van der Waals surface area contributed by atoms with Crippen LogP contribution in [0.4, 0.5) is 5.69 Å². The van der Waals surface area contributed by atoms with E-state index in [2.05, 4.69) is 0 Å². The van der Waals surface area contributed by atoms with Gasteiger partial charge in [-0.25, -0.2) is 0 Å². The zero-order chi connectivity index (χ0) is 14.6. The molecule has 0 saturated carbocycles. The summed E-state index contributed by atoms with van der Waals surface area (Å²) < 4.78 is 2.03. The molecule has 0 atom stereocenters. The molecule has 1 aromatic heterocycles. The van der Waals surface area contributed by atoms with Gasteiger partial charge in [0.15, 0.2) is 0 Å². The lowest BCUT2D eigenvalue weighted by Crippen LogP contribution is -2.10. The number of aromatic nitrogens is 1. The third-order valence-corrected chi connectivity index (χ3v) is 4.29. The van der Waals surface area contributed by atoms with Crippen LogP contribution in [0, 0.1) is 10.1 Å². The molecule has 2 aromatic carbocycles. The van der Waals surface area contributed by atoms with Gasteiger partial charge in [-0.15, -0.1) is 0 Å². The zero-order valence-electron chi connectivity index (χ0n) is 11.0. The third-order valence-electron chi connectivity index (χ3n) is 4.06. The minimum Gasteiger partial charge on any atom is -0.334 e. The summed E-state index contributed by atoms with van der Waals surface area (Å²) in [6, 6.07) is 13.2. The first-order chi connectivity index (χ1) is 10.2. The first-order valence-corrected chi connectivity index (χ1v) is 7.09. The third kappa shape index (κ3) is 1.69. The van der Waals surface area contributed by atoms with Gasteiger partial charge in [-0.05, 0) is 30.2 Å². The van der Waals surface area contributed by atoms with Gasteiger partial charge in [-0.1, -0.05) is 35.9 Å². The van der Waals surface area contributed by atoms with E-state index in [0.717, 1.165) is 29.6 Å². The van der Waals surface area contributed by atoms with Crippen LogP contribution < -0.4 is 0 Å². The minimum atomic E-state index is -0.299. The highest BCUT2D eigenvalue weighted by Gasteiger charge is 2.30. The number of fused-ring (bicyclic) bond motifs is 5. The van der Waals surface area contributed by atoms with Crippen LogP contribution in [0.15, 0.2) is 42.5 Å². The minimum absolute atomic E-state index is 0.152. The standard InChI is InChI=1S/C16H11ClN2O2/c17-11-5-6-14-13(9-11)16(19(20)21)15-12-4-2-1-3-10(12)7-8-18(14)15/h1-6,9H,7-8H2. The van der Waals surface area contributed by atoms with E-state index in [0.29, 0.717) is 16.1 Å². The average molecular weight is 299 g/mol. The number of benzene rings is 2. The lowest BCUT2D eigenvalue weighted by atomic mass is 9.98. The SMILES string of the molecule is O=[N+]([O-])c1c2n(c3ccc(Cl)cc13)CCc1ccccc1-2. The van der Waals surface area contributed by atoms with Crippen molar-refractivity contribution in [3.63, 3.8) is 0 Å². The fraction of sp³-hybridized carbons (Fsp3) is 0.125. The van der Waals surface area contributed by atoms with Crippen molar-refractivity contribution >= 4 is 28.2 Å². The summed E-state index contributed by atoms with van der Waals surface area (Å²) in [7, 11) is 0. The monoisotopic (exact) mass is 298 g/mol. The maximum atomic E-state index is 11.6. The normalized spacial score (nSPS) is 13.0. The van der Waals surface area contributed by atoms with E-state index in [1.165, 1.54) is 0 Å². The van der Waals surface area contributed by atoms with E-state index in [1.807, 2.05) is 34.9 Å². The van der Waals surface area contributed by atoms with Crippen molar-refractivity contribution < 1.29 is 4.92 Å².